The number of benzene rings is 4. The lowest BCUT2D eigenvalue weighted by atomic mass is 9.97. The van der Waals surface area contributed by atoms with E-state index in [1.54, 1.807) is 14.2 Å². The Morgan fingerprint density at radius 1 is 0.667 bits per heavy atom. The molecule has 0 fully saturated rings. The van der Waals surface area contributed by atoms with Gasteiger partial charge in [-0.2, -0.15) is 0 Å². The summed E-state index contributed by atoms with van der Waals surface area (Å²) in [5.41, 5.74) is 4.50. The van der Waals surface area contributed by atoms with E-state index in [0.29, 0.717) is 24.4 Å². The summed E-state index contributed by atoms with van der Waals surface area (Å²) in [6.45, 7) is 1.01. The molecule has 4 rings (SSSR count). The van der Waals surface area contributed by atoms with Crippen molar-refractivity contribution in [3.63, 3.8) is 0 Å². The maximum Gasteiger partial charge on any atom is 0.255 e. The van der Waals surface area contributed by atoms with E-state index in [9.17, 15) is 4.79 Å². The largest absolute Gasteiger partial charge is 0.497 e. The van der Waals surface area contributed by atoms with Gasteiger partial charge in [0.1, 0.15) is 11.5 Å². The zero-order valence-corrected chi connectivity index (χ0v) is 18.9. The fourth-order valence-electron chi connectivity index (χ4n) is 3.85. The second-order valence-corrected chi connectivity index (χ2v) is 7.78. The van der Waals surface area contributed by atoms with Crippen molar-refractivity contribution in [2.24, 2.45) is 0 Å². The maximum absolute atomic E-state index is 14.0. The van der Waals surface area contributed by atoms with Crippen molar-refractivity contribution >= 4 is 5.91 Å². The van der Waals surface area contributed by atoms with Gasteiger partial charge < -0.3 is 14.4 Å². The molecule has 0 aliphatic heterocycles. The second-order valence-electron chi connectivity index (χ2n) is 7.78. The zero-order chi connectivity index (χ0) is 23.0. The molecule has 4 heteroatoms. The van der Waals surface area contributed by atoms with Crippen molar-refractivity contribution in [1.82, 2.24) is 4.90 Å². The van der Waals surface area contributed by atoms with Crippen LogP contribution in [0.4, 0.5) is 0 Å². The van der Waals surface area contributed by atoms with Crippen molar-refractivity contribution in [3.05, 3.63) is 120 Å². The van der Waals surface area contributed by atoms with Crippen LogP contribution < -0.4 is 9.47 Å². The maximum atomic E-state index is 14.0. The number of carbonyl (C=O) groups excluding carboxylic acids is 1. The van der Waals surface area contributed by atoms with Crippen LogP contribution in [0.5, 0.6) is 11.5 Å². The van der Waals surface area contributed by atoms with Crippen molar-refractivity contribution < 1.29 is 14.3 Å². The third kappa shape index (κ3) is 5.42. The first-order valence-corrected chi connectivity index (χ1v) is 10.9. The number of carbonyl (C=O) groups is 1. The number of ether oxygens (including phenoxy) is 2. The molecule has 166 valence electrons. The summed E-state index contributed by atoms with van der Waals surface area (Å²) in [6.07, 6.45) is 0. The highest BCUT2D eigenvalue weighted by Crippen LogP contribution is 2.31. The van der Waals surface area contributed by atoms with Gasteiger partial charge in [0, 0.05) is 13.1 Å². The molecule has 4 nitrogen and oxygen atoms in total. The average Bonchev–Trinajstić information content (AvgIpc) is 2.88. The number of amides is 1. The Labute approximate surface area is 195 Å². The van der Waals surface area contributed by atoms with Gasteiger partial charge in [0.15, 0.2) is 0 Å². The normalized spacial score (nSPS) is 10.5. The summed E-state index contributed by atoms with van der Waals surface area (Å²) in [4.78, 5) is 15.9. The van der Waals surface area contributed by atoms with Gasteiger partial charge in [0.2, 0.25) is 0 Å². The molecule has 0 N–H and O–H groups in total. The van der Waals surface area contributed by atoms with Gasteiger partial charge in [-0.3, -0.25) is 4.79 Å². The number of rotatable bonds is 8. The van der Waals surface area contributed by atoms with E-state index in [4.69, 9.17) is 9.47 Å². The molecular formula is C29H27NO3. The molecule has 0 aromatic heterocycles. The van der Waals surface area contributed by atoms with E-state index in [1.165, 1.54) is 0 Å². The quantitative estimate of drug-likeness (QED) is 0.329. The Morgan fingerprint density at radius 2 is 1.24 bits per heavy atom. The van der Waals surface area contributed by atoms with Gasteiger partial charge >= 0.3 is 0 Å². The predicted octanol–water partition coefficient (Wildman–Crippen LogP) is 6.21. The van der Waals surface area contributed by atoms with Crippen molar-refractivity contribution in [3.8, 4) is 22.6 Å². The first kappa shape index (κ1) is 22.2. The lowest BCUT2D eigenvalue weighted by molar-refractivity contribution is 0.0730. The molecule has 1 amide bonds. The molecule has 4 aromatic carbocycles. The zero-order valence-electron chi connectivity index (χ0n) is 18.9. The van der Waals surface area contributed by atoms with Gasteiger partial charge in [-0.25, -0.2) is 0 Å². The first-order chi connectivity index (χ1) is 16.2. The molecule has 0 radical (unpaired) electrons. The van der Waals surface area contributed by atoms with Crippen LogP contribution >= 0.6 is 0 Å². The minimum absolute atomic E-state index is 0.0561. The molecule has 0 saturated carbocycles. The van der Waals surface area contributed by atoms with Crippen LogP contribution in [0, 0.1) is 0 Å². The summed E-state index contributed by atoms with van der Waals surface area (Å²) in [7, 11) is 3.25. The highest BCUT2D eigenvalue weighted by molar-refractivity contribution is 6.01. The Bertz CT molecular complexity index is 1160. The third-order valence-electron chi connectivity index (χ3n) is 5.56. The lowest BCUT2D eigenvalue weighted by Crippen LogP contribution is -2.30. The minimum atomic E-state index is -0.0561. The Hall–Kier alpha value is -4.05. The van der Waals surface area contributed by atoms with E-state index in [-0.39, 0.29) is 5.91 Å². The molecule has 0 aliphatic carbocycles. The van der Waals surface area contributed by atoms with Crippen molar-refractivity contribution in [1.29, 1.82) is 0 Å². The standard InChI is InChI=1S/C29H27NO3/c1-32-25-15-9-14-24(18-25)27-17-16-26(33-2)19-28(27)29(31)30(20-22-10-5-3-6-11-22)21-23-12-7-4-8-13-23/h3-19H,20-21H2,1-2H3. The molecule has 0 bridgehead atoms. The monoisotopic (exact) mass is 437 g/mol. The molecule has 0 unspecified atom stereocenters. The number of hydrogen-bond acceptors (Lipinski definition) is 3. The van der Waals surface area contributed by atoms with Crippen molar-refractivity contribution in [2.45, 2.75) is 13.1 Å². The van der Waals surface area contributed by atoms with Gasteiger partial charge in [-0.1, -0.05) is 72.8 Å². The summed E-state index contributed by atoms with van der Waals surface area (Å²) < 4.78 is 10.9. The predicted molar refractivity (Wildman–Crippen MR) is 131 cm³/mol. The number of hydrogen-bond donors (Lipinski definition) is 0. The third-order valence-corrected chi connectivity index (χ3v) is 5.56. The van der Waals surface area contributed by atoms with Crippen LogP contribution in [0.1, 0.15) is 21.5 Å². The van der Waals surface area contributed by atoms with Crippen LogP contribution in [-0.4, -0.2) is 25.0 Å². The summed E-state index contributed by atoms with van der Waals surface area (Å²) in [6, 6.07) is 33.5. The molecule has 4 aromatic rings. The average molecular weight is 438 g/mol. The fourth-order valence-corrected chi connectivity index (χ4v) is 3.85. The van der Waals surface area contributed by atoms with Crippen LogP contribution in [0.3, 0.4) is 0 Å². The number of methoxy groups -OCH3 is 2. The topological polar surface area (TPSA) is 38.8 Å². The van der Waals surface area contributed by atoms with Crippen LogP contribution in [0.2, 0.25) is 0 Å². The molecular weight excluding hydrogens is 410 g/mol. The first-order valence-electron chi connectivity index (χ1n) is 10.9. The second kappa shape index (κ2) is 10.5. The minimum Gasteiger partial charge on any atom is -0.497 e. The Morgan fingerprint density at radius 3 is 1.82 bits per heavy atom. The SMILES string of the molecule is COc1cccc(-c2ccc(OC)cc2C(=O)N(Cc2ccccc2)Cc2ccccc2)c1. The van der Waals surface area contributed by atoms with E-state index in [1.807, 2.05) is 108 Å². The highest BCUT2D eigenvalue weighted by atomic mass is 16.5. The molecule has 0 aliphatic rings. The molecule has 0 heterocycles. The molecule has 33 heavy (non-hydrogen) atoms. The van der Waals surface area contributed by atoms with Crippen LogP contribution in [0.25, 0.3) is 11.1 Å². The van der Waals surface area contributed by atoms with E-state index >= 15 is 0 Å². The smallest absolute Gasteiger partial charge is 0.255 e. The van der Waals surface area contributed by atoms with E-state index in [2.05, 4.69) is 0 Å². The molecule has 0 atom stereocenters. The summed E-state index contributed by atoms with van der Waals surface area (Å²) >= 11 is 0. The van der Waals surface area contributed by atoms with Gasteiger partial charge in [-0.05, 0) is 52.6 Å². The van der Waals surface area contributed by atoms with E-state index < -0.39 is 0 Å². The lowest BCUT2D eigenvalue weighted by Gasteiger charge is -2.25. The van der Waals surface area contributed by atoms with Gasteiger partial charge in [0.25, 0.3) is 5.91 Å². The van der Waals surface area contributed by atoms with Gasteiger partial charge in [-0.15, -0.1) is 0 Å². The Kier molecular flexibility index (Phi) is 7.06. The van der Waals surface area contributed by atoms with Crippen LogP contribution in [-0.2, 0) is 13.1 Å². The van der Waals surface area contributed by atoms with E-state index in [0.717, 1.165) is 28.0 Å². The fraction of sp³-hybridized carbons (Fsp3) is 0.138. The Balaban J connectivity index is 1.77. The molecule has 0 spiro atoms. The van der Waals surface area contributed by atoms with Crippen LogP contribution in [0.15, 0.2) is 103 Å². The summed E-state index contributed by atoms with van der Waals surface area (Å²) in [5.74, 6) is 1.33. The molecule has 0 saturated heterocycles. The number of nitrogens with zero attached hydrogens (tertiary/aromatic N) is 1. The summed E-state index contributed by atoms with van der Waals surface area (Å²) in [5, 5.41) is 0. The van der Waals surface area contributed by atoms with Crippen molar-refractivity contribution in [2.75, 3.05) is 14.2 Å². The highest BCUT2D eigenvalue weighted by Gasteiger charge is 2.21. The van der Waals surface area contributed by atoms with Gasteiger partial charge in [0.05, 0.1) is 19.8 Å².